The highest BCUT2D eigenvalue weighted by atomic mass is 31.2. The summed E-state index contributed by atoms with van der Waals surface area (Å²) in [5.74, 6) is -2.24. The third kappa shape index (κ3) is 47.5. The highest BCUT2D eigenvalue weighted by Crippen LogP contribution is 2.59. The smallest absolute Gasteiger partial charge is 0.380 e. The number of phosphoric ester groups is 1. The van der Waals surface area contributed by atoms with Gasteiger partial charge < -0.3 is 72.1 Å². The van der Waals surface area contributed by atoms with E-state index in [1.165, 1.54) is 116 Å². The average Bonchev–Trinajstić information content (AvgIpc) is 0.953. The van der Waals surface area contributed by atoms with Crippen molar-refractivity contribution < 1.29 is 94.2 Å². The van der Waals surface area contributed by atoms with Crippen LogP contribution >= 0.6 is 8.17 Å². The molecule has 144 heavy (non-hydrogen) atoms. The molecule has 2 N–H and O–H groups in total. The molecule has 22 nitrogen and oxygen atoms in total. The predicted molar refractivity (Wildman–Crippen MR) is 575 cm³/mol. The molecule has 0 aromatic heterocycles. The number of hydrogen-bond acceptors (Lipinski definition) is 20. The fourth-order valence-electron chi connectivity index (χ4n) is 18.8. The maximum atomic E-state index is 16.2. The van der Waals surface area contributed by atoms with Crippen LogP contribution in [0, 0.1) is 0 Å². The second-order valence-corrected chi connectivity index (χ2v) is 48.2. The average molecular weight is 2030 g/mol. The topological polar surface area (TPSA) is 254 Å². The van der Waals surface area contributed by atoms with E-state index < -0.39 is 133 Å². The van der Waals surface area contributed by atoms with Crippen molar-refractivity contribution in [2.24, 2.45) is 0 Å². The lowest BCUT2D eigenvalue weighted by atomic mass is 9.94. The molecule has 2 saturated heterocycles. The number of phosphoric acid groups is 1. The van der Waals surface area contributed by atoms with Crippen LogP contribution in [-0.2, 0) is 136 Å². The highest BCUT2D eigenvalue weighted by molar-refractivity contribution is 7.54. The van der Waals surface area contributed by atoms with Crippen LogP contribution in [0.3, 0.4) is 0 Å². The highest BCUT2D eigenvalue weighted by Gasteiger charge is 2.58. The Morgan fingerprint density at radius 2 is 0.674 bits per heavy atom. The molecule has 24 heteroatoms. The predicted octanol–water partition coefficient (Wildman–Crippen LogP) is 27.8. The number of nitrogens with one attached hydrogen (secondary N) is 2. The standard InChI is InChI=1S/C120H183N2O20PSi/c1-11-16-20-24-28-32-36-40-59-77-102(129-86-95-65-49-44-50-66-95)82-108(123)121-112-116(140-110(125)84-104(131-88-97-69-53-46-54-70-97)79-61-42-38-34-30-26-22-18-13-3)114(133-90-99-73-57-48-58-74-99)106(138-118(112)128-81-15-5)93-134-119-113(122-109(124)83-103(130-87-96-67-51-45-52-68-96)78-60-41-37-33-29-25-21-17-12-2)117(141-111(126)85-105(132-89-98-71-55-47-56-72-98)80-62-43-39-35-31-27-23-19-14-4)115(107(139-119)94-137-144(9,10)120(6,7)8)142-143(127)135-91-100-75-63-64-76-101(100)92-136-143/h15,44-58,63-76,102-107,112-119H,5,11-14,16-43,59-62,77-94H2,1-4,6-10H3,(H,121,123)(H,122,124)/t102-,103-,104-,105-,106-,107-,112-,113-,114-,115-,116-,117-,118+,119-/m1/s1. The van der Waals surface area contributed by atoms with Crippen molar-refractivity contribution in [3.63, 3.8) is 0 Å². The number of amides is 2. The molecule has 2 amide bonds. The molecule has 0 spiro atoms. The number of ether oxygens (including phenoxy) is 11. The van der Waals surface area contributed by atoms with Crippen molar-refractivity contribution in [1.82, 2.24) is 10.6 Å². The first-order valence-corrected chi connectivity index (χ1v) is 60.2. The van der Waals surface area contributed by atoms with Gasteiger partial charge in [0.05, 0.1) is 103 Å². The van der Waals surface area contributed by atoms with Crippen molar-refractivity contribution in [2.75, 3.05) is 19.8 Å². The minimum absolute atomic E-state index is 0.0483. The zero-order valence-electron chi connectivity index (χ0n) is 89.4. The van der Waals surface area contributed by atoms with Gasteiger partial charge in [0.15, 0.2) is 39.2 Å². The first-order chi connectivity index (χ1) is 70.1. The van der Waals surface area contributed by atoms with Gasteiger partial charge in [0, 0.05) is 0 Å². The molecule has 0 unspecified atom stereocenters. The van der Waals surface area contributed by atoms with Gasteiger partial charge in [-0.15, -0.1) is 6.58 Å². The van der Waals surface area contributed by atoms with Crippen molar-refractivity contribution >= 4 is 40.2 Å². The SMILES string of the molecule is C=CCO[C@H]1O[C@H](CO[C@@H]2O[C@H](CO[Si](C)(C)C(C)(C)C)[C@@H](O[P+]3([O-])OCc4ccccc4CO3)[C@H](OC(=O)C[C@@H](CCCCCCCCCCC)OCc3ccccc3)[C@H]2NC(=O)C[C@@H](CCCCCCCCCCC)OCc2ccccc2)[C@@H](OCc2ccccc2)[C@H](OC(=O)C[C@@H](CCCCCCCCCCC)OCc2ccccc2)[C@H]1NC(=O)C[C@@H](CCCCCCCCCCC)OCc1ccccc1. The van der Waals surface area contributed by atoms with E-state index in [0.29, 0.717) is 25.7 Å². The van der Waals surface area contributed by atoms with E-state index in [1.807, 2.05) is 176 Å². The fourth-order valence-corrected chi connectivity index (χ4v) is 21.2. The number of carbonyl (C=O) groups excluding carboxylic acids is 4. The summed E-state index contributed by atoms with van der Waals surface area (Å²) in [6.45, 7) is 23.4. The van der Waals surface area contributed by atoms with Crippen LogP contribution in [0.2, 0.25) is 18.1 Å². The molecule has 3 heterocycles. The van der Waals surface area contributed by atoms with E-state index >= 15 is 24.1 Å². The molecule has 2 fully saturated rings. The van der Waals surface area contributed by atoms with Gasteiger partial charge in [-0.25, -0.2) is 0 Å². The van der Waals surface area contributed by atoms with Crippen LogP contribution in [-0.4, -0.2) is 138 Å². The van der Waals surface area contributed by atoms with Gasteiger partial charge in [-0.05, 0) is 82.8 Å². The third-order valence-electron chi connectivity index (χ3n) is 28.6. The van der Waals surface area contributed by atoms with Crippen LogP contribution < -0.4 is 15.5 Å². The van der Waals surface area contributed by atoms with Crippen LogP contribution in [0.25, 0.3) is 0 Å². The van der Waals surface area contributed by atoms with Gasteiger partial charge in [-0.2, -0.15) is 13.6 Å². The molecule has 0 aliphatic carbocycles. The van der Waals surface area contributed by atoms with Gasteiger partial charge in [-0.3, -0.25) is 19.2 Å². The van der Waals surface area contributed by atoms with Crippen LogP contribution in [0.5, 0.6) is 0 Å². The lowest BCUT2D eigenvalue weighted by molar-refractivity contribution is -0.315. The molecule has 3 aliphatic heterocycles. The Morgan fingerprint density at radius 3 is 1.00 bits per heavy atom. The summed E-state index contributed by atoms with van der Waals surface area (Å²) in [6.07, 6.45) is 29.0. The van der Waals surface area contributed by atoms with Gasteiger partial charge in [0.2, 0.25) is 11.8 Å². The van der Waals surface area contributed by atoms with Gasteiger partial charge >= 0.3 is 20.1 Å². The van der Waals surface area contributed by atoms with E-state index in [-0.39, 0.29) is 90.2 Å². The molecule has 6 aromatic carbocycles. The lowest BCUT2D eigenvalue weighted by Gasteiger charge is -2.48. The Kier molecular flexibility index (Phi) is 59.4. The minimum Gasteiger partial charge on any atom is -0.606 e. The quantitative estimate of drug-likeness (QED) is 0.0118. The number of unbranched alkanes of at least 4 members (excludes halogenated alkanes) is 32. The number of fused-ring (bicyclic) bond motifs is 1. The van der Waals surface area contributed by atoms with Crippen LogP contribution in [0.4, 0.5) is 0 Å². The second-order valence-electron chi connectivity index (χ2n) is 41.8. The molecule has 3 aliphatic rings. The maximum absolute atomic E-state index is 16.2. The van der Waals surface area contributed by atoms with Crippen LogP contribution in [0.15, 0.2) is 189 Å². The minimum atomic E-state index is -4.77. The Hall–Kier alpha value is -6.97. The summed E-state index contributed by atoms with van der Waals surface area (Å²) in [7, 11) is -7.59. The number of hydrogen-bond donors (Lipinski definition) is 2. The molecule has 0 saturated carbocycles. The Labute approximate surface area is 868 Å². The number of benzene rings is 6. The molecule has 14 atom stereocenters. The van der Waals surface area contributed by atoms with Gasteiger partial charge in [0.1, 0.15) is 43.6 Å². The van der Waals surface area contributed by atoms with Gasteiger partial charge in [0.25, 0.3) is 0 Å². The molecule has 0 bridgehead atoms. The summed E-state index contributed by atoms with van der Waals surface area (Å²) in [5.41, 5.74) is 6.02. The van der Waals surface area contributed by atoms with Crippen molar-refractivity contribution in [1.29, 1.82) is 0 Å². The normalized spacial score (nSPS) is 20.0. The van der Waals surface area contributed by atoms with E-state index in [9.17, 15) is 0 Å². The summed E-state index contributed by atoms with van der Waals surface area (Å²) < 4.78 is 105. The summed E-state index contributed by atoms with van der Waals surface area (Å²) in [4.78, 5) is 80.2. The molecular weight excluding hydrogens is 1850 g/mol. The summed E-state index contributed by atoms with van der Waals surface area (Å²) >= 11 is 0. The van der Waals surface area contributed by atoms with Crippen molar-refractivity contribution in [3.8, 4) is 0 Å². The van der Waals surface area contributed by atoms with Crippen molar-refractivity contribution in [2.45, 2.75) is 481 Å². The van der Waals surface area contributed by atoms with E-state index in [2.05, 4.69) is 78.8 Å². The largest absolute Gasteiger partial charge is 0.606 e. The Balaban J connectivity index is 1.17. The van der Waals surface area contributed by atoms with Gasteiger partial charge in [-0.1, -0.05) is 462 Å². The molecule has 802 valence electrons. The molecule has 6 aromatic rings. The lowest BCUT2D eigenvalue weighted by Crippen LogP contribution is -2.68. The van der Waals surface area contributed by atoms with E-state index in [0.717, 1.165) is 155 Å². The summed E-state index contributed by atoms with van der Waals surface area (Å²) in [6, 6.07) is 54.0. The van der Waals surface area contributed by atoms with E-state index in [1.54, 1.807) is 6.08 Å². The molecule has 9 rings (SSSR count). The summed E-state index contributed by atoms with van der Waals surface area (Å²) in [5, 5.41) is 6.33. The Morgan fingerprint density at radius 1 is 0.382 bits per heavy atom. The monoisotopic (exact) mass is 2030 g/mol. The first kappa shape index (κ1) is 121. The number of rotatable bonds is 78. The molecular formula is C120H183N2O20PSi. The van der Waals surface area contributed by atoms with Crippen LogP contribution in [0.1, 0.15) is 370 Å². The number of carbonyl (C=O) groups is 4. The maximum Gasteiger partial charge on any atom is 0.380 e. The molecule has 0 radical (unpaired) electrons. The van der Waals surface area contributed by atoms with E-state index in [4.69, 9.17) is 70.1 Å². The Bertz CT molecular complexity index is 4320. The third-order valence-corrected chi connectivity index (χ3v) is 34.5. The fraction of sp³-hybridized carbons (Fsp3) is 0.650. The zero-order valence-corrected chi connectivity index (χ0v) is 91.3. The first-order valence-electron chi connectivity index (χ1n) is 55.8. The zero-order chi connectivity index (χ0) is 102. The number of esters is 2. The van der Waals surface area contributed by atoms with Crippen molar-refractivity contribution in [3.05, 3.63) is 228 Å². The second kappa shape index (κ2) is 70.9.